The van der Waals surface area contributed by atoms with Crippen LogP contribution >= 0.6 is 11.6 Å². The summed E-state index contributed by atoms with van der Waals surface area (Å²) in [6.07, 6.45) is 1.07. The fourth-order valence-electron chi connectivity index (χ4n) is 2.23. The zero-order chi connectivity index (χ0) is 17.7. The number of nitrogens with zero attached hydrogens (tertiary/aromatic N) is 1. The Labute approximate surface area is 147 Å². The number of carbonyl (C=O) groups excluding carboxylic acids is 1. The number of hydrogen-bond acceptors (Lipinski definition) is 3. The molecule has 0 heterocycles. The Balaban J connectivity index is 2.15. The van der Waals surface area contributed by atoms with Gasteiger partial charge in [-0.15, -0.1) is 0 Å². The molecule has 2 rings (SSSR count). The van der Waals surface area contributed by atoms with E-state index < -0.39 is 10.0 Å². The lowest BCUT2D eigenvalue weighted by molar-refractivity contribution is -0.119. The quantitative estimate of drug-likeness (QED) is 0.854. The first-order valence-electron chi connectivity index (χ1n) is 7.32. The monoisotopic (exact) mass is 366 g/mol. The highest BCUT2D eigenvalue weighted by Crippen LogP contribution is 2.27. The third-order valence-corrected chi connectivity index (χ3v) is 5.06. The first-order valence-corrected chi connectivity index (χ1v) is 9.55. The van der Waals surface area contributed by atoms with Gasteiger partial charge < -0.3 is 5.32 Å². The van der Waals surface area contributed by atoms with E-state index in [9.17, 15) is 13.2 Å². The van der Waals surface area contributed by atoms with Crippen LogP contribution in [0.2, 0.25) is 5.02 Å². The molecule has 5 nitrogen and oxygen atoms in total. The van der Waals surface area contributed by atoms with Crippen molar-refractivity contribution < 1.29 is 13.2 Å². The van der Waals surface area contributed by atoms with Crippen LogP contribution in [-0.2, 0) is 21.4 Å². The lowest BCUT2D eigenvalue weighted by Gasteiger charge is -2.24. The molecular weight excluding hydrogens is 348 g/mol. The zero-order valence-electron chi connectivity index (χ0n) is 13.5. The normalized spacial score (nSPS) is 11.1. The van der Waals surface area contributed by atoms with Gasteiger partial charge in [-0.3, -0.25) is 9.10 Å². The molecule has 0 fully saturated rings. The van der Waals surface area contributed by atoms with Crippen LogP contribution in [-0.4, -0.2) is 27.1 Å². The van der Waals surface area contributed by atoms with Crippen LogP contribution < -0.4 is 9.62 Å². The van der Waals surface area contributed by atoms with Gasteiger partial charge >= 0.3 is 0 Å². The molecule has 0 aromatic heterocycles. The van der Waals surface area contributed by atoms with E-state index in [-0.39, 0.29) is 12.5 Å². The average molecular weight is 367 g/mol. The van der Waals surface area contributed by atoms with Gasteiger partial charge in [-0.2, -0.15) is 0 Å². The van der Waals surface area contributed by atoms with Gasteiger partial charge in [0.2, 0.25) is 15.9 Å². The number of halogens is 1. The SMILES string of the molecule is Cc1c(Cl)cccc1N(CC(=O)NCc1ccccc1)S(C)(=O)=O. The van der Waals surface area contributed by atoms with Crippen LogP contribution in [0.1, 0.15) is 11.1 Å². The van der Waals surface area contributed by atoms with E-state index in [1.54, 1.807) is 25.1 Å². The molecule has 1 N–H and O–H groups in total. The number of benzene rings is 2. The number of amides is 1. The first kappa shape index (κ1) is 18.3. The minimum absolute atomic E-state index is 0.299. The lowest BCUT2D eigenvalue weighted by atomic mass is 10.2. The summed E-state index contributed by atoms with van der Waals surface area (Å²) in [5.74, 6) is -0.386. The van der Waals surface area contributed by atoms with Crippen molar-refractivity contribution in [3.63, 3.8) is 0 Å². The second-order valence-electron chi connectivity index (χ2n) is 5.42. The smallest absolute Gasteiger partial charge is 0.241 e. The fraction of sp³-hybridized carbons (Fsp3) is 0.235. The average Bonchev–Trinajstić information content (AvgIpc) is 2.53. The van der Waals surface area contributed by atoms with E-state index in [0.717, 1.165) is 16.1 Å². The van der Waals surface area contributed by atoms with Crippen LogP contribution in [0.25, 0.3) is 0 Å². The Morgan fingerprint density at radius 2 is 1.79 bits per heavy atom. The minimum atomic E-state index is -3.62. The minimum Gasteiger partial charge on any atom is -0.350 e. The van der Waals surface area contributed by atoms with E-state index in [4.69, 9.17) is 11.6 Å². The highest BCUT2D eigenvalue weighted by atomic mass is 35.5. The summed E-state index contributed by atoms with van der Waals surface area (Å²) in [4.78, 5) is 12.2. The van der Waals surface area contributed by atoms with Crippen LogP contribution in [0.5, 0.6) is 0 Å². The molecule has 0 aliphatic heterocycles. The summed E-state index contributed by atoms with van der Waals surface area (Å²) in [5.41, 5.74) is 1.95. The van der Waals surface area contributed by atoms with E-state index in [0.29, 0.717) is 22.8 Å². The van der Waals surface area contributed by atoms with Gasteiger partial charge in [0.15, 0.2) is 0 Å². The summed E-state index contributed by atoms with van der Waals surface area (Å²) < 4.78 is 25.3. The predicted molar refractivity (Wildman–Crippen MR) is 96.7 cm³/mol. The topological polar surface area (TPSA) is 66.5 Å². The summed E-state index contributed by atoms with van der Waals surface area (Å²) in [5, 5.41) is 3.18. The van der Waals surface area contributed by atoms with E-state index in [1.807, 2.05) is 30.3 Å². The maximum absolute atomic E-state index is 12.2. The molecule has 2 aromatic rings. The molecule has 0 saturated carbocycles. The second-order valence-corrected chi connectivity index (χ2v) is 7.73. The highest BCUT2D eigenvalue weighted by Gasteiger charge is 2.22. The third-order valence-electron chi connectivity index (χ3n) is 3.53. The first-order chi connectivity index (χ1) is 11.3. The van der Waals surface area contributed by atoms with E-state index in [1.165, 1.54) is 0 Å². The zero-order valence-corrected chi connectivity index (χ0v) is 15.1. The van der Waals surface area contributed by atoms with Crippen molar-refractivity contribution in [3.05, 3.63) is 64.7 Å². The number of rotatable bonds is 6. The Bertz CT molecular complexity index is 823. The van der Waals surface area contributed by atoms with Gasteiger partial charge in [0.1, 0.15) is 6.54 Å². The highest BCUT2D eigenvalue weighted by molar-refractivity contribution is 7.92. The molecule has 0 aliphatic rings. The predicted octanol–water partition coefficient (Wildman–Crippen LogP) is 2.73. The molecule has 7 heteroatoms. The Kier molecular flexibility index (Phi) is 5.85. The van der Waals surface area contributed by atoms with E-state index in [2.05, 4.69) is 5.32 Å². The van der Waals surface area contributed by atoms with Crippen molar-refractivity contribution in [1.29, 1.82) is 0 Å². The van der Waals surface area contributed by atoms with Crippen molar-refractivity contribution in [2.75, 3.05) is 17.1 Å². The number of nitrogens with one attached hydrogen (secondary N) is 1. The molecule has 128 valence electrons. The Morgan fingerprint density at radius 1 is 1.12 bits per heavy atom. The van der Waals surface area contributed by atoms with Gasteiger partial charge in [-0.25, -0.2) is 8.42 Å². The Morgan fingerprint density at radius 3 is 2.42 bits per heavy atom. The van der Waals surface area contributed by atoms with Gasteiger partial charge in [0.05, 0.1) is 11.9 Å². The molecule has 0 bridgehead atoms. The second kappa shape index (κ2) is 7.68. The maximum Gasteiger partial charge on any atom is 0.241 e. The van der Waals surface area contributed by atoms with Crippen LogP contribution in [0.4, 0.5) is 5.69 Å². The lowest BCUT2D eigenvalue weighted by Crippen LogP contribution is -2.40. The molecule has 2 aromatic carbocycles. The molecular formula is C17H19ClN2O3S. The van der Waals surface area contributed by atoms with Crippen molar-refractivity contribution in [1.82, 2.24) is 5.32 Å². The molecule has 0 spiro atoms. The third kappa shape index (κ3) is 4.72. The number of carbonyl (C=O) groups is 1. The summed E-state index contributed by atoms with van der Waals surface area (Å²) in [6, 6.07) is 14.4. The van der Waals surface area contributed by atoms with E-state index >= 15 is 0 Å². The van der Waals surface area contributed by atoms with Gasteiger partial charge in [-0.05, 0) is 30.2 Å². The molecule has 24 heavy (non-hydrogen) atoms. The van der Waals surface area contributed by atoms with Crippen LogP contribution in [0.3, 0.4) is 0 Å². The molecule has 0 atom stereocenters. The summed E-state index contributed by atoms with van der Waals surface area (Å²) in [7, 11) is -3.62. The van der Waals surface area contributed by atoms with Crippen LogP contribution in [0, 0.1) is 6.92 Å². The Hall–Kier alpha value is -2.05. The van der Waals surface area contributed by atoms with Gasteiger partial charge in [0, 0.05) is 11.6 Å². The van der Waals surface area contributed by atoms with Crippen molar-refractivity contribution in [2.24, 2.45) is 0 Å². The molecule has 0 radical (unpaired) electrons. The number of sulfonamides is 1. The summed E-state index contributed by atoms with van der Waals surface area (Å²) >= 11 is 6.06. The maximum atomic E-state index is 12.2. The van der Waals surface area contributed by atoms with Gasteiger partial charge in [-0.1, -0.05) is 48.0 Å². The fourth-order valence-corrected chi connectivity index (χ4v) is 3.31. The molecule has 0 saturated heterocycles. The largest absolute Gasteiger partial charge is 0.350 e. The molecule has 1 amide bonds. The van der Waals surface area contributed by atoms with Crippen LogP contribution in [0.15, 0.2) is 48.5 Å². The molecule has 0 unspecified atom stereocenters. The van der Waals surface area contributed by atoms with Crippen molar-refractivity contribution in [3.8, 4) is 0 Å². The molecule has 0 aliphatic carbocycles. The number of anilines is 1. The van der Waals surface area contributed by atoms with Crippen molar-refractivity contribution >= 4 is 33.2 Å². The van der Waals surface area contributed by atoms with Crippen molar-refractivity contribution in [2.45, 2.75) is 13.5 Å². The van der Waals surface area contributed by atoms with Gasteiger partial charge in [0.25, 0.3) is 0 Å². The standard InChI is InChI=1S/C17H19ClN2O3S/c1-13-15(18)9-6-10-16(13)20(24(2,22)23)12-17(21)19-11-14-7-4-3-5-8-14/h3-10H,11-12H2,1-2H3,(H,19,21). The number of hydrogen-bond donors (Lipinski definition) is 1. The summed E-state index contributed by atoms with van der Waals surface area (Å²) in [6.45, 7) is 1.76.